The van der Waals surface area contributed by atoms with Crippen LogP contribution in [0.2, 0.25) is 0 Å². The van der Waals surface area contributed by atoms with Crippen molar-refractivity contribution >= 4 is 15.9 Å². The van der Waals surface area contributed by atoms with Crippen LogP contribution < -0.4 is 9.47 Å². The van der Waals surface area contributed by atoms with Gasteiger partial charge in [0.05, 0.1) is 31.0 Å². The Labute approximate surface area is 184 Å². The highest BCUT2D eigenvalue weighted by Gasteiger charge is 2.33. The summed E-state index contributed by atoms with van der Waals surface area (Å²) in [7, 11) is -3.99. The molecule has 4 heterocycles. The number of hydrogen-bond donors (Lipinski definition) is 1. The SMILES string of the molecule is O=C([C@H](CO)c1ccccc1)N1Cc2cn(S(=O)(=O)c3cnc4c(c3)OCCO4)nc2C1. The molecule has 1 N–H and O–H groups in total. The van der Waals surface area contributed by atoms with Gasteiger partial charge in [-0.3, -0.25) is 4.79 Å². The van der Waals surface area contributed by atoms with E-state index in [1.807, 2.05) is 18.2 Å². The normalized spacial score (nSPS) is 16.0. The molecule has 2 aliphatic heterocycles. The lowest BCUT2D eigenvalue weighted by Crippen LogP contribution is -2.33. The van der Waals surface area contributed by atoms with Gasteiger partial charge in [0.2, 0.25) is 5.91 Å². The monoisotopic (exact) mass is 456 g/mol. The number of aromatic nitrogens is 3. The Morgan fingerprint density at radius 2 is 1.94 bits per heavy atom. The van der Waals surface area contributed by atoms with Crippen LogP contribution in [0.5, 0.6) is 11.6 Å². The van der Waals surface area contributed by atoms with Crippen molar-refractivity contribution in [2.24, 2.45) is 0 Å². The van der Waals surface area contributed by atoms with Crippen molar-refractivity contribution < 1.29 is 27.8 Å². The number of benzene rings is 1. The highest BCUT2D eigenvalue weighted by atomic mass is 32.2. The summed E-state index contributed by atoms with van der Waals surface area (Å²) in [5.74, 6) is -0.393. The van der Waals surface area contributed by atoms with Crippen LogP contribution >= 0.6 is 0 Å². The van der Waals surface area contributed by atoms with Crippen molar-refractivity contribution in [3.05, 3.63) is 65.6 Å². The van der Waals surface area contributed by atoms with E-state index in [4.69, 9.17) is 9.47 Å². The molecule has 1 amide bonds. The molecule has 0 fully saturated rings. The van der Waals surface area contributed by atoms with Crippen molar-refractivity contribution in [2.45, 2.75) is 23.9 Å². The van der Waals surface area contributed by atoms with Gasteiger partial charge in [-0.15, -0.1) is 0 Å². The summed E-state index contributed by atoms with van der Waals surface area (Å²) in [5, 5.41) is 14.0. The lowest BCUT2D eigenvalue weighted by molar-refractivity contribution is -0.134. The van der Waals surface area contributed by atoms with Crippen molar-refractivity contribution in [2.75, 3.05) is 19.8 Å². The molecule has 0 radical (unpaired) electrons. The average molecular weight is 456 g/mol. The Kier molecular flexibility index (Phi) is 5.06. The molecular formula is C21H20N4O6S. The van der Waals surface area contributed by atoms with E-state index in [-0.39, 0.29) is 42.1 Å². The molecule has 2 aromatic heterocycles. The third-order valence-electron chi connectivity index (χ3n) is 5.47. The van der Waals surface area contributed by atoms with Crippen molar-refractivity contribution in [1.82, 2.24) is 19.1 Å². The quantitative estimate of drug-likeness (QED) is 0.601. The molecule has 1 aromatic carbocycles. The van der Waals surface area contributed by atoms with E-state index < -0.39 is 15.9 Å². The number of carbonyl (C=O) groups excluding carboxylic acids is 1. The molecule has 5 rings (SSSR count). The minimum atomic E-state index is -3.99. The van der Waals surface area contributed by atoms with E-state index in [0.29, 0.717) is 24.5 Å². The number of aliphatic hydroxyl groups excluding tert-OH is 1. The van der Waals surface area contributed by atoms with Crippen LogP contribution in [0.4, 0.5) is 0 Å². The standard InChI is InChI=1S/C21H20N4O6S/c26-13-17(14-4-2-1-3-5-14)21(27)24-10-15-11-25(23-18(15)12-24)32(28,29)16-8-19-20(22-9-16)31-7-6-30-19/h1-5,8-9,11,17,26H,6-7,10,12-13H2/t17-/m1/s1. The van der Waals surface area contributed by atoms with E-state index in [2.05, 4.69) is 10.1 Å². The van der Waals surface area contributed by atoms with Gasteiger partial charge < -0.3 is 19.5 Å². The summed E-state index contributed by atoms with van der Waals surface area (Å²) in [6, 6.07) is 10.4. The summed E-state index contributed by atoms with van der Waals surface area (Å²) in [6.07, 6.45) is 2.61. The fourth-order valence-electron chi connectivity index (χ4n) is 3.80. The van der Waals surface area contributed by atoms with Gasteiger partial charge in [-0.05, 0) is 5.56 Å². The third-order valence-corrected chi connectivity index (χ3v) is 6.97. The highest BCUT2D eigenvalue weighted by molar-refractivity contribution is 7.89. The second kappa shape index (κ2) is 7.92. The van der Waals surface area contributed by atoms with Gasteiger partial charge in [0.25, 0.3) is 15.9 Å². The van der Waals surface area contributed by atoms with Gasteiger partial charge in [0.1, 0.15) is 18.1 Å². The fourth-order valence-corrected chi connectivity index (χ4v) is 4.93. The zero-order chi connectivity index (χ0) is 22.3. The molecule has 0 aliphatic carbocycles. The molecule has 2 aliphatic rings. The van der Waals surface area contributed by atoms with Gasteiger partial charge in [-0.25, -0.2) is 4.98 Å². The molecule has 0 saturated carbocycles. The largest absolute Gasteiger partial charge is 0.484 e. The van der Waals surface area contributed by atoms with Crippen LogP contribution in [0, 0.1) is 0 Å². The number of amides is 1. The van der Waals surface area contributed by atoms with Gasteiger partial charge in [0, 0.05) is 24.4 Å². The predicted octanol–water partition coefficient (Wildman–Crippen LogP) is 0.905. The number of carbonyl (C=O) groups is 1. The first-order chi connectivity index (χ1) is 15.5. The molecular weight excluding hydrogens is 436 g/mol. The lowest BCUT2D eigenvalue weighted by atomic mass is 9.98. The van der Waals surface area contributed by atoms with Gasteiger partial charge in [-0.1, -0.05) is 30.3 Å². The predicted molar refractivity (Wildman–Crippen MR) is 111 cm³/mol. The van der Waals surface area contributed by atoms with Crippen molar-refractivity contribution in [3.8, 4) is 11.6 Å². The Morgan fingerprint density at radius 3 is 2.69 bits per heavy atom. The maximum Gasteiger partial charge on any atom is 0.284 e. The number of ether oxygens (including phenoxy) is 2. The third kappa shape index (κ3) is 3.49. The topological polar surface area (TPSA) is 124 Å². The van der Waals surface area contributed by atoms with E-state index >= 15 is 0 Å². The van der Waals surface area contributed by atoms with Crippen LogP contribution in [0.1, 0.15) is 22.7 Å². The molecule has 1 atom stereocenters. The zero-order valence-corrected chi connectivity index (χ0v) is 17.7. The van der Waals surface area contributed by atoms with Crippen LogP contribution in [-0.4, -0.2) is 58.3 Å². The summed E-state index contributed by atoms with van der Waals surface area (Å²) >= 11 is 0. The Hall–Kier alpha value is -3.44. The number of fused-ring (bicyclic) bond motifs is 2. The molecule has 3 aromatic rings. The number of pyridine rings is 1. The zero-order valence-electron chi connectivity index (χ0n) is 16.9. The molecule has 10 nitrogen and oxygen atoms in total. The molecule has 0 unspecified atom stereocenters. The van der Waals surface area contributed by atoms with Gasteiger partial charge >= 0.3 is 0 Å². The van der Waals surface area contributed by atoms with E-state index in [9.17, 15) is 18.3 Å². The summed E-state index contributed by atoms with van der Waals surface area (Å²) < 4.78 is 37.7. The molecule has 11 heteroatoms. The lowest BCUT2D eigenvalue weighted by Gasteiger charge is -2.22. The number of hydrogen-bond acceptors (Lipinski definition) is 8. The first-order valence-electron chi connectivity index (χ1n) is 10.0. The number of rotatable bonds is 5. The average Bonchev–Trinajstić information content (AvgIpc) is 3.40. The molecule has 0 bridgehead atoms. The smallest absolute Gasteiger partial charge is 0.284 e. The van der Waals surface area contributed by atoms with Gasteiger partial charge in [0.15, 0.2) is 5.75 Å². The summed E-state index contributed by atoms with van der Waals surface area (Å²) in [6.45, 7) is 0.735. The number of aliphatic hydroxyl groups is 1. The van der Waals surface area contributed by atoms with Crippen LogP contribution in [-0.2, 0) is 27.9 Å². The minimum Gasteiger partial charge on any atom is -0.484 e. The van der Waals surface area contributed by atoms with E-state index in [0.717, 1.165) is 9.65 Å². The number of nitrogens with zero attached hydrogens (tertiary/aromatic N) is 4. The van der Waals surface area contributed by atoms with E-state index in [1.165, 1.54) is 18.5 Å². The summed E-state index contributed by atoms with van der Waals surface area (Å²) in [4.78, 5) is 18.5. The minimum absolute atomic E-state index is 0.0692. The first kappa shape index (κ1) is 20.5. The molecule has 0 spiro atoms. The summed E-state index contributed by atoms with van der Waals surface area (Å²) in [5.41, 5.74) is 1.86. The Balaban J connectivity index is 1.36. The second-order valence-corrected chi connectivity index (χ2v) is 9.29. The van der Waals surface area contributed by atoms with Crippen molar-refractivity contribution in [3.63, 3.8) is 0 Å². The maximum atomic E-state index is 13.0. The molecule has 32 heavy (non-hydrogen) atoms. The second-order valence-electron chi connectivity index (χ2n) is 7.49. The van der Waals surface area contributed by atoms with Gasteiger partial charge in [-0.2, -0.15) is 17.6 Å². The highest BCUT2D eigenvalue weighted by Crippen LogP contribution is 2.31. The first-order valence-corrected chi connectivity index (χ1v) is 11.4. The maximum absolute atomic E-state index is 13.0. The van der Waals surface area contributed by atoms with Crippen molar-refractivity contribution in [1.29, 1.82) is 0 Å². The molecule has 166 valence electrons. The van der Waals surface area contributed by atoms with Crippen LogP contribution in [0.3, 0.4) is 0 Å². The Morgan fingerprint density at radius 1 is 1.16 bits per heavy atom. The van der Waals surface area contributed by atoms with E-state index in [1.54, 1.807) is 17.0 Å². The Bertz CT molecular complexity index is 1250. The van der Waals surface area contributed by atoms with Crippen LogP contribution in [0.25, 0.3) is 0 Å². The van der Waals surface area contributed by atoms with Crippen LogP contribution in [0.15, 0.2) is 53.7 Å². The fraction of sp³-hybridized carbons (Fsp3) is 0.286. The molecule has 0 saturated heterocycles.